The fourth-order valence-electron chi connectivity index (χ4n) is 2.26. The van der Waals surface area contributed by atoms with Crippen molar-refractivity contribution in [1.29, 1.82) is 0 Å². The molecule has 2 rings (SSSR count). The SMILES string of the molecule is CCn1nc(C)cc1Cn1cc(CNCC(C)C)cn1. The molecule has 0 saturated heterocycles. The molecule has 2 heterocycles. The van der Waals surface area contributed by atoms with Gasteiger partial charge in [-0.2, -0.15) is 10.2 Å². The van der Waals surface area contributed by atoms with Gasteiger partial charge in [-0.05, 0) is 32.4 Å². The summed E-state index contributed by atoms with van der Waals surface area (Å²) < 4.78 is 4.02. The third kappa shape index (κ3) is 3.93. The molecule has 0 aliphatic rings. The molecule has 20 heavy (non-hydrogen) atoms. The Hall–Kier alpha value is -1.62. The minimum absolute atomic E-state index is 0.673. The molecular formula is C15H25N5. The van der Waals surface area contributed by atoms with E-state index >= 15 is 0 Å². The molecule has 0 unspecified atom stereocenters. The Morgan fingerprint density at radius 3 is 2.85 bits per heavy atom. The highest BCUT2D eigenvalue weighted by Crippen LogP contribution is 2.07. The first-order chi connectivity index (χ1) is 9.58. The molecular weight excluding hydrogens is 250 g/mol. The number of aromatic nitrogens is 4. The Labute approximate surface area is 121 Å². The molecule has 0 amide bonds. The molecule has 0 aliphatic carbocycles. The van der Waals surface area contributed by atoms with E-state index in [1.54, 1.807) is 0 Å². The van der Waals surface area contributed by atoms with E-state index in [2.05, 4.69) is 48.5 Å². The van der Waals surface area contributed by atoms with Crippen LogP contribution in [0.1, 0.15) is 37.7 Å². The highest BCUT2D eigenvalue weighted by atomic mass is 15.3. The molecule has 0 aliphatic heterocycles. The Morgan fingerprint density at radius 1 is 1.35 bits per heavy atom. The summed E-state index contributed by atoms with van der Waals surface area (Å²) in [6.45, 7) is 12.2. The van der Waals surface area contributed by atoms with E-state index in [4.69, 9.17) is 0 Å². The fraction of sp³-hybridized carbons (Fsp3) is 0.600. The fourth-order valence-corrected chi connectivity index (χ4v) is 2.26. The maximum Gasteiger partial charge on any atom is 0.0828 e. The number of hydrogen-bond donors (Lipinski definition) is 1. The second kappa shape index (κ2) is 6.70. The summed E-state index contributed by atoms with van der Waals surface area (Å²) in [6.07, 6.45) is 4.04. The minimum Gasteiger partial charge on any atom is -0.312 e. The molecule has 5 nitrogen and oxygen atoms in total. The van der Waals surface area contributed by atoms with Gasteiger partial charge in [-0.3, -0.25) is 9.36 Å². The summed E-state index contributed by atoms with van der Waals surface area (Å²) in [7, 11) is 0. The highest BCUT2D eigenvalue weighted by Gasteiger charge is 2.06. The summed E-state index contributed by atoms with van der Waals surface area (Å²) in [6, 6.07) is 2.13. The average molecular weight is 275 g/mol. The monoisotopic (exact) mass is 275 g/mol. The summed E-state index contributed by atoms with van der Waals surface area (Å²) >= 11 is 0. The summed E-state index contributed by atoms with van der Waals surface area (Å²) in [5.74, 6) is 0.673. The zero-order valence-electron chi connectivity index (χ0n) is 12.9. The lowest BCUT2D eigenvalue weighted by Crippen LogP contribution is -2.18. The van der Waals surface area contributed by atoms with E-state index in [9.17, 15) is 0 Å². The van der Waals surface area contributed by atoms with E-state index in [1.807, 2.05) is 22.5 Å². The summed E-state index contributed by atoms with van der Waals surface area (Å²) in [5, 5.41) is 12.3. The van der Waals surface area contributed by atoms with Crippen molar-refractivity contribution in [2.24, 2.45) is 5.92 Å². The van der Waals surface area contributed by atoms with Crippen molar-refractivity contribution in [2.45, 2.75) is 47.3 Å². The molecule has 2 aromatic rings. The van der Waals surface area contributed by atoms with Gasteiger partial charge >= 0.3 is 0 Å². The van der Waals surface area contributed by atoms with Crippen LogP contribution in [-0.4, -0.2) is 26.1 Å². The Kier molecular flexibility index (Phi) is 4.95. The molecule has 0 saturated carbocycles. The topological polar surface area (TPSA) is 47.7 Å². The van der Waals surface area contributed by atoms with Crippen molar-refractivity contribution in [3.63, 3.8) is 0 Å². The van der Waals surface area contributed by atoms with E-state index in [0.29, 0.717) is 5.92 Å². The number of nitrogens with one attached hydrogen (secondary N) is 1. The first-order valence-electron chi connectivity index (χ1n) is 7.34. The molecule has 0 atom stereocenters. The maximum absolute atomic E-state index is 4.46. The van der Waals surface area contributed by atoms with Crippen LogP contribution in [0.5, 0.6) is 0 Å². The first-order valence-corrected chi connectivity index (χ1v) is 7.34. The van der Waals surface area contributed by atoms with Gasteiger partial charge in [0.1, 0.15) is 0 Å². The Bertz CT molecular complexity index is 538. The van der Waals surface area contributed by atoms with Crippen LogP contribution in [0.25, 0.3) is 0 Å². The third-order valence-electron chi connectivity index (χ3n) is 3.18. The molecule has 0 fully saturated rings. The van der Waals surface area contributed by atoms with Crippen LogP contribution in [0.3, 0.4) is 0 Å². The van der Waals surface area contributed by atoms with E-state index in [0.717, 1.165) is 31.9 Å². The van der Waals surface area contributed by atoms with Crippen molar-refractivity contribution >= 4 is 0 Å². The standard InChI is InChI=1S/C15H25N5/c1-5-20-15(6-13(4)18-20)11-19-10-14(9-17-19)8-16-7-12(2)3/h6,9-10,12,16H,5,7-8,11H2,1-4H3. The predicted molar refractivity (Wildman–Crippen MR) is 80.5 cm³/mol. The van der Waals surface area contributed by atoms with E-state index < -0.39 is 0 Å². The highest BCUT2D eigenvalue weighted by molar-refractivity contribution is 5.11. The summed E-state index contributed by atoms with van der Waals surface area (Å²) in [5.41, 5.74) is 3.49. The second-order valence-electron chi connectivity index (χ2n) is 5.66. The number of hydrogen-bond acceptors (Lipinski definition) is 3. The molecule has 0 spiro atoms. The van der Waals surface area contributed by atoms with Crippen LogP contribution in [0, 0.1) is 12.8 Å². The number of rotatable bonds is 7. The lowest BCUT2D eigenvalue weighted by Gasteiger charge is -2.05. The first kappa shape index (κ1) is 14.8. The van der Waals surface area contributed by atoms with Gasteiger partial charge in [0.15, 0.2) is 0 Å². The van der Waals surface area contributed by atoms with Gasteiger partial charge in [0.05, 0.1) is 24.1 Å². The van der Waals surface area contributed by atoms with E-state index in [1.165, 1.54) is 11.3 Å². The Balaban J connectivity index is 1.95. The zero-order valence-corrected chi connectivity index (χ0v) is 12.9. The zero-order chi connectivity index (χ0) is 14.5. The number of aryl methyl sites for hydroxylation is 2. The van der Waals surface area contributed by atoms with Gasteiger partial charge in [-0.1, -0.05) is 13.8 Å². The molecule has 5 heteroatoms. The predicted octanol–water partition coefficient (Wildman–Crippen LogP) is 2.20. The molecule has 110 valence electrons. The quantitative estimate of drug-likeness (QED) is 0.842. The minimum atomic E-state index is 0.673. The molecule has 0 radical (unpaired) electrons. The van der Waals surface area contributed by atoms with Crippen LogP contribution in [0.15, 0.2) is 18.5 Å². The smallest absolute Gasteiger partial charge is 0.0828 e. The van der Waals surface area contributed by atoms with Gasteiger partial charge in [0.2, 0.25) is 0 Å². The normalized spacial score (nSPS) is 11.4. The van der Waals surface area contributed by atoms with Crippen LogP contribution in [-0.2, 0) is 19.6 Å². The van der Waals surface area contributed by atoms with Crippen molar-refractivity contribution in [3.8, 4) is 0 Å². The van der Waals surface area contributed by atoms with Gasteiger partial charge in [-0.25, -0.2) is 0 Å². The van der Waals surface area contributed by atoms with Gasteiger partial charge in [-0.15, -0.1) is 0 Å². The van der Waals surface area contributed by atoms with Crippen molar-refractivity contribution in [1.82, 2.24) is 24.9 Å². The van der Waals surface area contributed by atoms with Crippen LogP contribution in [0.4, 0.5) is 0 Å². The van der Waals surface area contributed by atoms with Crippen LogP contribution in [0.2, 0.25) is 0 Å². The largest absolute Gasteiger partial charge is 0.312 e. The molecule has 2 aromatic heterocycles. The van der Waals surface area contributed by atoms with Gasteiger partial charge < -0.3 is 5.32 Å². The Morgan fingerprint density at radius 2 is 2.15 bits per heavy atom. The average Bonchev–Trinajstić information content (AvgIpc) is 2.96. The third-order valence-corrected chi connectivity index (χ3v) is 3.18. The molecule has 0 aromatic carbocycles. The lowest BCUT2D eigenvalue weighted by atomic mass is 10.2. The van der Waals surface area contributed by atoms with Gasteiger partial charge in [0.25, 0.3) is 0 Å². The second-order valence-corrected chi connectivity index (χ2v) is 5.66. The summed E-state index contributed by atoms with van der Waals surface area (Å²) in [4.78, 5) is 0. The van der Waals surface area contributed by atoms with Gasteiger partial charge in [0, 0.05) is 24.8 Å². The van der Waals surface area contributed by atoms with E-state index in [-0.39, 0.29) is 0 Å². The molecule has 0 bridgehead atoms. The number of nitrogens with zero attached hydrogens (tertiary/aromatic N) is 4. The van der Waals surface area contributed by atoms with Crippen molar-refractivity contribution in [3.05, 3.63) is 35.4 Å². The van der Waals surface area contributed by atoms with Crippen molar-refractivity contribution < 1.29 is 0 Å². The maximum atomic E-state index is 4.46. The molecule has 1 N–H and O–H groups in total. The van der Waals surface area contributed by atoms with Crippen LogP contribution >= 0.6 is 0 Å². The van der Waals surface area contributed by atoms with Crippen molar-refractivity contribution in [2.75, 3.05) is 6.54 Å². The lowest BCUT2D eigenvalue weighted by molar-refractivity contribution is 0.551. The van der Waals surface area contributed by atoms with Crippen LogP contribution < -0.4 is 5.32 Å².